The minimum Gasteiger partial charge on any atom is -0.319 e. The molecule has 1 N–H and O–H groups in total. The van der Waals surface area contributed by atoms with Gasteiger partial charge in [0.05, 0.1) is 0 Å². The predicted molar refractivity (Wildman–Crippen MR) is 90.6 cm³/mol. The van der Waals surface area contributed by atoms with E-state index in [4.69, 9.17) is 0 Å². The van der Waals surface area contributed by atoms with Crippen LogP contribution in [0.2, 0.25) is 0 Å². The van der Waals surface area contributed by atoms with Crippen LogP contribution in [0.15, 0.2) is 18.2 Å². The van der Waals surface area contributed by atoms with Gasteiger partial charge in [0.15, 0.2) is 0 Å². The number of aryl methyl sites for hydroxylation is 1. The monoisotopic (exact) mass is 275 g/mol. The Kier molecular flexibility index (Phi) is 8.60. The van der Waals surface area contributed by atoms with E-state index >= 15 is 0 Å². The molecule has 0 bridgehead atoms. The summed E-state index contributed by atoms with van der Waals surface area (Å²) in [5.41, 5.74) is 4.59. The van der Waals surface area contributed by atoms with E-state index in [9.17, 15) is 0 Å². The van der Waals surface area contributed by atoms with Gasteiger partial charge in [0.2, 0.25) is 0 Å². The molecule has 1 rings (SSSR count). The van der Waals surface area contributed by atoms with E-state index in [0.717, 1.165) is 13.0 Å². The van der Waals surface area contributed by atoms with E-state index in [-0.39, 0.29) is 0 Å². The van der Waals surface area contributed by atoms with Crippen molar-refractivity contribution in [1.29, 1.82) is 0 Å². The molecule has 0 heterocycles. The van der Waals surface area contributed by atoms with Gasteiger partial charge in [-0.05, 0) is 55.5 Å². The summed E-state index contributed by atoms with van der Waals surface area (Å²) in [6.45, 7) is 7.93. The summed E-state index contributed by atoms with van der Waals surface area (Å²) in [7, 11) is 2.03. The number of unbranched alkanes of at least 4 members (excludes halogenated alkanes) is 4. The Balaban J connectivity index is 2.59. The van der Waals surface area contributed by atoms with Crippen LogP contribution in [0.25, 0.3) is 0 Å². The molecule has 0 saturated carbocycles. The van der Waals surface area contributed by atoms with Crippen molar-refractivity contribution in [1.82, 2.24) is 5.32 Å². The predicted octanol–water partition coefficient (Wildman–Crippen LogP) is 5.08. The Hall–Kier alpha value is -0.820. The summed E-state index contributed by atoms with van der Waals surface area (Å²) in [5, 5.41) is 3.27. The summed E-state index contributed by atoms with van der Waals surface area (Å²) < 4.78 is 0. The van der Waals surface area contributed by atoms with Gasteiger partial charge in [-0.1, -0.05) is 64.7 Å². The molecule has 0 aliphatic carbocycles. The van der Waals surface area contributed by atoms with Gasteiger partial charge in [0.25, 0.3) is 0 Å². The summed E-state index contributed by atoms with van der Waals surface area (Å²) >= 11 is 0. The first kappa shape index (κ1) is 17.2. The maximum absolute atomic E-state index is 3.27. The van der Waals surface area contributed by atoms with Gasteiger partial charge in [-0.2, -0.15) is 0 Å². The van der Waals surface area contributed by atoms with E-state index in [2.05, 4.69) is 44.3 Å². The zero-order valence-electron chi connectivity index (χ0n) is 14.0. The van der Waals surface area contributed by atoms with Crippen LogP contribution in [-0.2, 0) is 12.8 Å². The Morgan fingerprint density at radius 2 is 1.75 bits per heavy atom. The van der Waals surface area contributed by atoms with Crippen molar-refractivity contribution in [2.45, 2.75) is 71.6 Å². The van der Waals surface area contributed by atoms with E-state index in [0.29, 0.717) is 5.92 Å². The normalized spacial score (nSPS) is 11.2. The molecule has 114 valence electrons. The first-order chi connectivity index (χ1) is 9.69. The van der Waals surface area contributed by atoms with Crippen LogP contribution in [-0.4, -0.2) is 13.6 Å². The van der Waals surface area contributed by atoms with Crippen molar-refractivity contribution < 1.29 is 0 Å². The van der Waals surface area contributed by atoms with Crippen molar-refractivity contribution in [2.75, 3.05) is 13.6 Å². The molecular weight excluding hydrogens is 242 g/mol. The third kappa shape index (κ3) is 6.09. The lowest BCUT2D eigenvalue weighted by atomic mass is 9.92. The van der Waals surface area contributed by atoms with Crippen molar-refractivity contribution in [3.05, 3.63) is 34.9 Å². The van der Waals surface area contributed by atoms with Crippen molar-refractivity contribution in [3.63, 3.8) is 0 Å². The Labute approximate surface area is 126 Å². The van der Waals surface area contributed by atoms with Crippen LogP contribution in [0.1, 0.15) is 75.5 Å². The minimum atomic E-state index is 0.625. The van der Waals surface area contributed by atoms with Crippen LogP contribution in [0.3, 0.4) is 0 Å². The molecule has 1 aromatic carbocycles. The molecular formula is C19H33N. The third-order valence-electron chi connectivity index (χ3n) is 4.04. The van der Waals surface area contributed by atoms with Gasteiger partial charge in [-0.15, -0.1) is 0 Å². The summed E-state index contributed by atoms with van der Waals surface area (Å²) in [4.78, 5) is 0. The van der Waals surface area contributed by atoms with Gasteiger partial charge in [-0.3, -0.25) is 0 Å². The number of rotatable bonds is 10. The third-order valence-corrected chi connectivity index (χ3v) is 4.04. The van der Waals surface area contributed by atoms with E-state index in [1.54, 1.807) is 5.56 Å². The molecule has 0 aliphatic heterocycles. The van der Waals surface area contributed by atoms with E-state index in [1.807, 2.05) is 7.05 Å². The molecule has 0 saturated heterocycles. The van der Waals surface area contributed by atoms with E-state index in [1.165, 1.54) is 49.7 Å². The fraction of sp³-hybridized carbons (Fsp3) is 0.684. The van der Waals surface area contributed by atoms with Gasteiger partial charge in [0.1, 0.15) is 0 Å². The van der Waals surface area contributed by atoms with Crippen molar-refractivity contribution in [2.24, 2.45) is 0 Å². The number of nitrogens with one attached hydrogen (secondary N) is 1. The molecule has 0 aliphatic rings. The second kappa shape index (κ2) is 9.99. The SMILES string of the molecule is CCCCCCCc1ccc(C(C)C)c(CCNC)c1. The lowest BCUT2D eigenvalue weighted by molar-refractivity contribution is 0.632. The fourth-order valence-electron chi connectivity index (χ4n) is 2.79. The second-order valence-electron chi connectivity index (χ2n) is 6.21. The molecule has 0 amide bonds. The maximum atomic E-state index is 3.27. The van der Waals surface area contributed by atoms with Crippen LogP contribution in [0.4, 0.5) is 0 Å². The molecule has 1 heteroatoms. The Bertz CT molecular complexity index is 368. The first-order valence-electron chi connectivity index (χ1n) is 8.45. The highest BCUT2D eigenvalue weighted by atomic mass is 14.8. The average Bonchev–Trinajstić information content (AvgIpc) is 2.44. The smallest absolute Gasteiger partial charge is 0.00113 e. The summed E-state index contributed by atoms with van der Waals surface area (Å²) in [6, 6.07) is 7.15. The molecule has 1 nitrogen and oxygen atoms in total. The molecule has 20 heavy (non-hydrogen) atoms. The maximum Gasteiger partial charge on any atom is -0.00113 e. The Morgan fingerprint density at radius 3 is 2.40 bits per heavy atom. The van der Waals surface area contributed by atoms with Crippen LogP contribution >= 0.6 is 0 Å². The number of likely N-dealkylation sites (N-methyl/N-ethyl adjacent to an activating group) is 1. The topological polar surface area (TPSA) is 12.0 Å². The summed E-state index contributed by atoms with van der Waals surface area (Å²) in [6.07, 6.45) is 9.23. The lowest BCUT2D eigenvalue weighted by Gasteiger charge is -2.15. The zero-order chi connectivity index (χ0) is 14.8. The van der Waals surface area contributed by atoms with Gasteiger partial charge >= 0.3 is 0 Å². The van der Waals surface area contributed by atoms with Gasteiger partial charge < -0.3 is 5.32 Å². The van der Waals surface area contributed by atoms with Gasteiger partial charge in [-0.25, -0.2) is 0 Å². The first-order valence-corrected chi connectivity index (χ1v) is 8.45. The quantitative estimate of drug-likeness (QED) is 0.587. The highest BCUT2D eigenvalue weighted by molar-refractivity contribution is 5.34. The standard InChI is InChI=1S/C19H33N/c1-5-6-7-8-9-10-17-11-12-19(16(2)3)18(15-17)13-14-20-4/h11-12,15-16,20H,5-10,13-14H2,1-4H3. The lowest BCUT2D eigenvalue weighted by Crippen LogP contribution is -2.12. The highest BCUT2D eigenvalue weighted by Gasteiger charge is 2.07. The average molecular weight is 275 g/mol. The number of hydrogen-bond acceptors (Lipinski definition) is 1. The van der Waals surface area contributed by atoms with Crippen LogP contribution in [0.5, 0.6) is 0 Å². The largest absolute Gasteiger partial charge is 0.319 e. The van der Waals surface area contributed by atoms with Crippen molar-refractivity contribution in [3.8, 4) is 0 Å². The van der Waals surface area contributed by atoms with Crippen LogP contribution in [0, 0.1) is 0 Å². The molecule has 0 atom stereocenters. The molecule has 0 fully saturated rings. The fourth-order valence-corrected chi connectivity index (χ4v) is 2.79. The molecule has 0 radical (unpaired) electrons. The molecule has 0 unspecified atom stereocenters. The second-order valence-corrected chi connectivity index (χ2v) is 6.21. The minimum absolute atomic E-state index is 0.625. The number of benzene rings is 1. The Morgan fingerprint density at radius 1 is 1.00 bits per heavy atom. The summed E-state index contributed by atoms with van der Waals surface area (Å²) in [5.74, 6) is 0.625. The number of hydrogen-bond donors (Lipinski definition) is 1. The van der Waals surface area contributed by atoms with Crippen molar-refractivity contribution >= 4 is 0 Å². The molecule has 1 aromatic rings. The molecule has 0 spiro atoms. The van der Waals surface area contributed by atoms with E-state index < -0.39 is 0 Å². The van der Waals surface area contributed by atoms with Crippen LogP contribution < -0.4 is 5.32 Å². The zero-order valence-corrected chi connectivity index (χ0v) is 14.0. The van der Waals surface area contributed by atoms with Gasteiger partial charge in [0, 0.05) is 0 Å². The highest BCUT2D eigenvalue weighted by Crippen LogP contribution is 2.22. The molecule has 0 aromatic heterocycles.